The van der Waals surface area contributed by atoms with Gasteiger partial charge in [0.1, 0.15) is 12.6 Å². The molecule has 2 amide bonds. The minimum absolute atomic E-state index is 0.0146. The average Bonchev–Trinajstić information content (AvgIpc) is 3.43. The molecule has 0 spiro atoms. The highest BCUT2D eigenvalue weighted by Crippen LogP contribution is 2.25. The fourth-order valence-corrected chi connectivity index (χ4v) is 6.38. The number of anilines is 1. The normalized spacial score (nSPS) is 14.5. The van der Waals surface area contributed by atoms with Crippen LogP contribution in [0.2, 0.25) is 5.02 Å². The minimum atomic E-state index is -4.12. The molecule has 3 aromatic carbocycles. The molecule has 1 fully saturated rings. The van der Waals surface area contributed by atoms with E-state index in [2.05, 4.69) is 5.32 Å². The van der Waals surface area contributed by atoms with Crippen molar-refractivity contribution in [2.75, 3.05) is 10.8 Å². The summed E-state index contributed by atoms with van der Waals surface area (Å²) >= 11 is 5.99. The Kier molecular flexibility index (Phi) is 9.30. The van der Waals surface area contributed by atoms with Crippen molar-refractivity contribution in [2.24, 2.45) is 0 Å². The van der Waals surface area contributed by atoms with E-state index in [-0.39, 0.29) is 23.4 Å². The van der Waals surface area contributed by atoms with Gasteiger partial charge in [0.25, 0.3) is 10.0 Å². The maximum absolute atomic E-state index is 14.0. The average molecular weight is 568 g/mol. The van der Waals surface area contributed by atoms with E-state index in [1.165, 1.54) is 29.2 Å². The van der Waals surface area contributed by atoms with Crippen molar-refractivity contribution in [3.05, 3.63) is 95.0 Å². The van der Waals surface area contributed by atoms with Gasteiger partial charge in [0.2, 0.25) is 11.8 Å². The van der Waals surface area contributed by atoms with Crippen LogP contribution >= 0.6 is 11.6 Å². The Morgan fingerprint density at radius 2 is 1.64 bits per heavy atom. The van der Waals surface area contributed by atoms with Gasteiger partial charge in [0, 0.05) is 17.6 Å². The Labute approximate surface area is 235 Å². The topological polar surface area (TPSA) is 86.8 Å². The Bertz CT molecular complexity index is 1390. The number of sulfonamides is 1. The van der Waals surface area contributed by atoms with Crippen LogP contribution < -0.4 is 9.62 Å². The molecule has 4 rings (SSSR count). The maximum Gasteiger partial charge on any atom is 0.264 e. The predicted molar refractivity (Wildman–Crippen MR) is 154 cm³/mol. The van der Waals surface area contributed by atoms with Crippen molar-refractivity contribution in [3.63, 3.8) is 0 Å². The first kappa shape index (κ1) is 28.6. The summed E-state index contributed by atoms with van der Waals surface area (Å²) in [6.45, 7) is 3.35. The summed E-state index contributed by atoms with van der Waals surface area (Å²) in [7, 11) is -4.12. The van der Waals surface area contributed by atoms with Gasteiger partial charge < -0.3 is 10.2 Å². The molecule has 0 unspecified atom stereocenters. The molecular weight excluding hydrogens is 534 g/mol. The highest BCUT2D eigenvalue weighted by atomic mass is 35.5. The van der Waals surface area contributed by atoms with Crippen LogP contribution in [0.3, 0.4) is 0 Å². The van der Waals surface area contributed by atoms with Gasteiger partial charge >= 0.3 is 0 Å². The van der Waals surface area contributed by atoms with Gasteiger partial charge in [-0.1, -0.05) is 72.5 Å². The third-order valence-corrected chi connectivity index (χ3v) is 9.07. The van der Waals surface area contributed by atoms with E-state index in [1.54, 1.807) is 37.3 Å². The van der Waals surface area contributed by atoms with Gasteiger partial charge in [-0.25, -0.2) is 8.42 Å². The summed E-state index contributed by atoms with van der Waals surface area (Å²) in [5.41, 5.74) is 2.23. The molecule has 0 heterocycles. The van der Waals surface area contributed by atoms with E-state index in [0.717, 1.165) is 41.1 Å². The molecule has 7 nitrogen and oxygen atoms in total. The van der Waals surface area contributed by atoms with Gasteiger partial charge in [0.15, 0.2) is 0 Å². The molecule has 1 aliphatic rings. The molecule has 9 heteroatoms. The monoisotopic (exact) mass is 567 g/mol. The van der Waals surface area contributed by atoms with Gasteiger partial charge in [-0.2, -0.15) is 0 Å². The lowest BCUT2D eigenvalue weighted by Crippen LogP contribution is -2.52. The molecular formula is C30H34ClN3O4S. The lowest BCUT2D eigenvalue weighted by atomic mass is 10.1. The van der Waals surface area contributed by atoms with Gasteiger partial charge in [-0.05, 0) is 68.7 Å². The van der Waals surface area contributed by atoms with E-state index in [1.807, 2.05) is 31.2 Å². The van der Waals surface area contributed by atoms with E-state index < -0.39 is 28.5 Å². The smallest absolute Gasteiger partial charge is 0.264 e. The van der Waals surface area contributed by atoms with Crippen LogP contribution in [0.25, 0.3) is 0 Å². The number of hydrogen-bond acceptors (Lipinski definition) is 4. The Morgan fingerprint density at radius 3 is 2.28 bits per heavy atom. The van der Waals surface area contributed by atoms with Gasteiger partial charge in [0.05, 0.1) is 10.6 Å². The summed E-state index contributed by atoms with van der Waals surface area (Å²) in [4.78, 5) is 28.7. The van der Waals surface area contributed by atoms with Crippen LogP contribution in [-0.4, -0.2) is 43.8 Å². The van der Waals surface area contributed by atoms with E-state index in [4.69, 9.17) is 11.6 Å². The van der Waals surface area contributed by atoms with Crippen molar-refractivity contribution >= 4 is 39.1 Å². The first-order chi connectivity index (χ1) is 18.6. The highest BCUT2D eigenvalue weighted by Gasteiger charge is 2.33. The molecule has 0 aromatic heterocycles. The highest BCUT2D eigenvalue weighted by molar-refractivity contribution is 7.92. The fourth-order valence-electron chi connectivity index (χ4n) is 4.84. The zero-order chi connectivity index (χ0) is 28.0. The number of halogens is 1. The second-order valence-corrected chi connectivity index (χ2v) is 12.3. The lowest BCUT2D eigenvalue weighted by Gasteiger charge is -2.32. The largest absolute Gasteiger partial charge is 0.352 e. The summed E-state index contributed by atoms with van der Waals surface area (Å²) in [6.07, 6.45) is 3.98. The number of carbonyl (C=O) groups is 2. The number of carbonyl (C=O) groups excluding carboxylic acids is 2. The lowest BCUT2D eigenvalue weighted by molar-refractivity contribution is -0.139. The molecule has 1 N–H and O–H groups in total. The number of rotatable bonds is 10. The first-order valence-electron chi connectivity index (χ1n) is 13.1. The molecule has 0 saturated heterocycles. The predicted octanol–water partition coefficient (Wildman–Crippen LogP) is 5.32. The van der Waals surface area contributed by atoms with Gasteiger partial charge in [-0.15, -0.1) is 0 Å². The number of nitrogens with one attached hydrogen (secondary N) is 1. The fraction of sp³-hybridized carbons (Fsp3) is 0.333. The number of benzene rings is 3. The van der Waals surface area contributed by atoms with Crippen molar-refractivity contribution in [3.8, 4) is 0 Å². The molecule has 0 bridgehead atoms. The molecule has 3 aromatic rings. The summed E-state index contributed by atoms with van der Waals surface area (Å²) in [6, 6.07) is 21.3. The van der Waals surface area contributed by atoms with Crippen molar-refractivity contribution < 1.29 is 18.0 Å². The van der Waals surface area contributed by atoms with Crippen LogP contribution in [0.1, 0.15) is 43.7 Å². The maximum atomic E-state index is 14.0. The molecule has 206 valence electrons. The molecule has 0 radical (unpaired) electrons. The van der Waals surface area contributed by atoms with Crippen molar-refractivity contribution in [2.45, 2.75) is 63.1 Å². The molecule has 1 aliphatic carbocycles. The minimum Gasteiger partial charge on any atom is -0.352 e. The first-order valence-corrected chi connectivity index (χ1v) is 15.0. The second-order valence-electron chi connectivity index (χ2n) is 9.98. The summed E-state index contributed by atoms with van der Waals surface area (Å²) in [5.74, 6) is -0.721. The van der Waals surface area contributed by atoms with Crippen LogP contribution in [0.4, 0.5) is 5.69 Å². The molecule has 0 aliphatic heterocycles. The van der Waals surface area contributed by atoms with Gasteiger partial charge in [-0.3, -0.25) is 13.9 Å². The van der Waals surface area contributed by atoms with E-state index in [0.29, 0.717) is 10.7 Å². The standard InChI is InChI=1S/C30H34ClN3O4S/c1-22-9-8-10-24(19-22)20-33(23(2)30(36)32-26-11-6-7-12-26)29(35)21-34(27-13-4-3-5-14-27)39(37,38)28-17-15-25(31)16-18-28/h3-5,8-10,13-19,23,26H,6-7,11-12,20-21H2,1-2H3,(H,32,36)/t23-/m1/s1. The molecule has 1 saturated carbocycles. The van der Waals surface area contributed by atoms with Crippen LogP contribution in [-0.2, 0) is 26.2 Å². The third kappa shape index (κ3) is 7.19. The van der Waals surface area contributed by atoms with Crippen LogP contribution in [0, 0.1) is 6.92 Å². The Hall–Kier alpha value is -3.36. The number of nitrogens with zero attached hydrogens (tertiary/aromatic N) is 2. The third-order valence-electron chi connectivity index (χ3n) is 7.03. The number of amides is 2. The van der Waals surface area contributed by atoms with E-state index >= 15 is 0 Å². The number of hydrogen-bond donors (Lipinski definition) is 1. The SMILES string of the molecule is Cc1cccc(CN(C(=O)CN(c2ccccc2)S(=O)(=O)c2ccc(Cl)cc2)[C@H](C)C(=O)NC2CCCC2)c1. The zero-order valence-electron chi connectivity index (χ0n) is 22.2. The van der Waals surface area contributed by atoms with Crippen LogP contribution in [0.15, 0.2) is 83.8 Å². The summed E-state index contributed by atoms with van der Waals surface area (Å²) in [5, 5.41) is 3.49. The Balaban J connectivity index is 1.66. The quantitative estimate of drug-likeness (QED) is 0.359. The summed E-state index contributed by atoms with van der Waals surface area (Å²) < 4.78 is 28.6. The van der Waals surface area contributed by atoms with E-state index in [9.17, 15) is 18.0 Å². The van der Waals surface area contributed by atoms with Crippen LogP contribution in [0.5, 0.6) is 0 Å². The van der Waals surface area contributed by atoms with Crippen molar-refractivity contribution in [1.82, 2.24) is 10.2 Å². The molecule has 1 atom stereocenters. The Morgan fingerprint density at radius 1 is 0.974 bits per heavy atom. The molecule has 39 heavy (non-hydrogen) atoms. The number of para-hydroxylation sites is 1. The van der Waals surface area contributed by atoms with Crippen molar-refractivity contribution in [1.29, 1.82) is 0 Å². The number of aryl methyl sites for hydroxylation is 1. The zero-order valence-corrected chi connectivity index (χ0v) is 23.8. The second kappa shape index (κ2) is 12.7.